The van der Waals surface area contributed by atoms with Crippen LogP contribution >= 0.6 is 11.6 Å². The Kier molecular flexibility index (Phi) is 10.6. The van der Waals surface area contributed by atoms with E-state index in [0.717, 1.165) is 15.4 Å². The standard InChI is InChI=1S/C33H33ClFN3O4S/c1-3-36-33(40)31(20-25-10-6-4-7-11-25)37(22-26-15-17-27(35)18-16-26)32(39)23-38(28-19-14-24(2)30(34)21-28)43(41,42)29-12-8-5-9-13-29/h4-19,21,31H,3,20,22-23H2,1-2H3,(H,36,40). The first-order valence-electron chi connectivity index (χ1n) is 13.8. The molecule has 2 amide bonds. The molecule has 0 spiro atoms. The highest BCUT2D eigenvalue weighted by molar-refractivity contribution is 7.92. The molecule has 0 heterocycles. The Balaban J connectivity index is 1.80. The number of benzene rings is 4. The second-order valence-electron chi connectivity index (χ2n) is 10.0. The number of amides is 2. The third-order valence-electron chi connectivity index (χ3n) is 6.94. The van der Waals surface area contributed by atoms with Crippen LogP contribution in [0.1, 0.15) is 23.6 Å². The Hall–Kier alpha value is -4.21. The van der Waals surface area contributed by atoms with Gasteiger partial charge in [-0.1, -0.05) is 78.3 Å². The van der Waals surface area contributed by atoms with Crippen LogP contribution in [-0.2, 0) is 32.6 Å². The number of carbonyl (C=O) groups excluding carboxylic acids is 2. The Labute approximate surface area is 257 Å². The predicted molar refractivity (Wildman–Crippen MR) is 167 cm³/mol. The van der Waals surface area contributed by atoms with Gasteiger partial charge in [0.2, 0.25) is 11.8 Å². The van der Waals surface area contributed by atoms with Gasteiger partial charge in [0, 0.05) is 24.5 Å². The quantitative estimate of drug-likeness (QED) is 0.218. The number of halogens is 2. The Morgan fingerprint density at radius 2 is 1.51 bits per heavy atom. The largest absolute Gasteiger partial charge is 0.355 e. The maximum absolute atomic E-state index is 14.3. The van der Waals surface area contributed by atoms with Crippen LogP contribution in [0.15, 0.2) is 108 Å². The fraction of sp³-hybridized carbons (Fsp3) is 0.212. The molecule has 10 heteroatoms. The van der Waals surface area contributed by atoms with Crippen molar-refractivity contribution in [2.45, 2.75) is 37.8 Å². The van der Waals surface area contributed by atoms with Crippen molar-refractivity contribution >= 4 is 39.1 Å². The van der Waals surface area contributed by atoms with Gasteiger partial charge in [-0.3, -0.25) is 13.9 Å². The van der Waals surface area contributed by atoms with Crippen molar-refractivity contribution in [3.05, 3.63) is 131 Å². The van der Waals surface area contributed by atoms with Gasteiger partial charge >= 0.3 is 0 Å². The number of anilines is 1. The lowest BCUT2D eigenvalue weighted by atomic mass is 10.0. The van der Waals surface area contributed by atoms with E-state index in [0.29, 0.717) is 17.1 Å². The van der Waals surface area contributed by atoms with Gasteiger partial charge in [0.1, 0.15) is 18.4 Å². The van der Waals surface area contributed by atoms with E-state index >= 15 is 0 Å². The van der Waals surface area contributed by atoms with Gasteiger partial charge in [-0.2, -0.15) is 0 Å². The van der Waals surface area contributed by atoms with Crippen LogP contribution in [0.25, 0.3) is 0 Å². The van der Waals surface area contributed by atoms with Gasteiger partial charge in [-0.25, -0.2) is 12.8 Å². The summed E-state index contributed by atoms with van der Waals surface area (Å²) in [6, 6.07) is 26.4. The number of carbonyl (C=O) groups is 2. The summed E-state index contributed by atoms with van der Waals surface area (Å²) >= 11 is 6.39. The molecule has 0 aliphatic heterocycles. The lowest BCUT2D eigenvalue weighted by molar-refractivity contribution is -0.140. The molecule has 0 saturated carbocycles. The predicted octanol–water partition coefficient (Wildman–Crippen LogP) is 5.76. The third kappa shape index (κ3) is 8.00. The second-order valence-corrected chi connectivity index (χ2v) is 12.3. The van der Waals surface area contributed by atoms with E-state index in [-0.39, 0.29) is 23.5 Å². The summed E-state index contributed by atoms with van der Waals surface area (Å²) in [5, 5.41) is 3.15. The first-order chi connectivity index (χ1) is 20.6. The van der Waals surface area contributed by atoms with E-state index in [4.69, 9.17) is 11.6 Å². The van der Waals surface area contributed by atoms with Crippen molar-refractivity contribution in [1.82, 2.24) is 10.2 Å². The molecule has 43 heavy (non-hydrogen) atoms. The van der Waals surface area contributed by atoms with Gasteiger partial charge in [-0.15, -0.1) is 0 Å². The van der Waals surface area contributed by atoms with Crippen LogP contribution in [0.2, 0.25) is 5.02 Å². The van der Waals surface area contributed by atoms with E-state index < -0.39 is 40.2 Å². The number of hydrogen-bond acceptors (Lipinski definition) is 4. The molecular weight excluding hydrogens is 589 g/mol. The third-order valence-corrected chi connectivity index (χ3v) is 9.14. The Morgan fingerprint density at radius 3 is 2.12 bits per heavy atom. The molecule has 1 N–H and O–H groups in total. The van der Waals surface area contributed by atoms with E-state index in [2.05, 4.69) is 5.32 Å². The number of hydrogen-bond donors (Lipinski definition) is 1. The second kappa shape index (κ2) is 14.3. The highest BCUT2D eigenvalue weighted by Crippen LogP contribution is 2.29. The molecule has 0 aliphatic carbocycles. The zero-order valence-electron chi connectivity index (χ0n) is 23.9. The van der Waals surface area contributed by atoms with Crippen LogP contribution in [0.5, 0.6) is 0 Å². The highest BCUT2D eigenvalue weighted by Gasteiger charge is 2.34. The van der Waals surface area contributed by atoms with Crippen molar-refractivity contribution in [1.29, 1.82) is 0 Å². The van der Waals surface area contributed by atoms with E-state index in [1.807, 2.05) is 30.3 Å². The number of sulfonamides is 1. The van der Waals surface area contributed by atoms with Crippen LogP contribution in [0.4, 0.5) is 10.1 Å². The first-order valence-corrected chi connectivity index (χ1v) is 15.6. The van der Waals surface area contributed by atoms with E-state index in [9.17, 15) is 22.4 Å². The zero-order valence-corrected chi connectivity index (χ0v) is 25.5. The van der Waals surface area contributed by atoms with Crippen molar-refractivity contribution < 1.29 is 22.4 Å². The zero-order chi connectivity index (χ0) is 31.0. The number of aryl methyl sites for hydroxylation is 1. The maximum atomic E-state index is 14.3. The SMILES string of the molecule is CCNC(=O)C(Cc1ccccc1)N(Cc1ccc(F)cc1)C(=O)CN(c1ccc(C)c(Cl)c1)S(=O)(=O)c1ccccc1. The maximum Gasteiger partial charge on any atom is 0.264 e. The summed E-state index contributed by atoms with van der Waals surface area (Å²) < 4.78 is 42.7. The minimum absolute atomic E-state index is 0.00542. The smallest absolute Gasteiger partial charge is 0.264 e. The normalized spacial score (nSPS) is 11.9. The van der Waals surface area contributed by atoms with Crippen molar-refractivity contribution in [2.75, 3.05) is 17.4 Å². The van der Waals surface area contributed by atoms with Crippen LogP contribution in [-0.4, -0.2) is 44.3 Å². The Morgan fingerprint density at radius 1 is 0.884 bits per heavy atom. The fourth-order valence-electron chi connectivity index (χ4n) is 4.62. The monoisotopic (exact) mass is 621 g/mol. The molecule has 0 aromatic heterocycles. The van der Waals surface area contributed by atoms with Gasteiger partial charge in [0.15, 0.2) is 0 Å². The number of nitrogens with zero attached hydrogens (tertiary/aromatic N) is 2. The molecule has 1 atom stereocenters. The van der Waals surface area contributed by atoms with Crippen molar-refractivity contribution in [2.24, 2.45) is 0 Å². The Bertz CT molecular complexity index is 1650. The average Bonchev–Trinajstić information content (AvgIpc) is 3.01. The summed E-state index contributed by atoms with van der Waals surface area (Å²) in [5.74, 6) is -1.45. The van der Waals surface area contributed by atoms with E-state index in [1.54, 1.807) is 44.2 Å². The summed E-state index contributed by atoms with van der Waals surface area (Å²) in [5.41, 5.74) is 2.33. The van der Waals surface area contributed by atoms with Gasteiger partial charge in [0.05, 0.1) is 10.6 Å². The van der Waals surface area contributed by atoms with Crippen LogP contribution in [0, 0.1) is 12.7 Å². The highest BCUT2D eigenvalue weighted by atomic mass is 35.5. The molecule has 0 aliphatic rings. The van der Waals surface area contributed by atoms with Gasteiger partial charge in [-0.05, 0) is 66.9 Å². The van der Waals surface area contributed by atoms with Crippen LogP contribution in [0.3, 0.4) is 0 Å². The summed E-state index contributed by atoms with van der Waals surface area (Å²) in [6.07, 6.45) is 0.182. The van der Waals surface area contributed by atoms with Crippen LogP contribution < -0.4 is 9.62 Å². The molecule has 4 rings (SSSR count). The van der Waals surface area contributed by atoms with Crippen molar-refractivity contribution in [3.8, 4) is 0 Å². The molecule has 4 aromatic rings. The molecule has 4 aromatic carbocycles. The van der Waals surface area contributed by atoms with Gasteiger partial charge < -0.3 is 10.2 Å². The minimum Gasteiger partial charge on any atom is -0.355 e. The molecular formula is C33H33ClFN3O4S. The fourth-order valence-corrected chi connectivity index (χ4v) is 6.22. The molecule has 0 saturated heterocycles. The lowest BCUT2D eigenvalue weighted by Crippen LogP contribution is -2.53. The molecule has 0 bridgehead atoms. The minimum atomic E-state index is -4.23. The average molecular weight is 622 g/mol. The molecule has 7 nitrogen and oxygen atoms in total. The summed E-state index contributed by atoms with van der Waals surface area (Å²) in [7, 11) is -4.23. The number of likely N-dealkylation sites (N-methyl/N-ethyl adjacent to an activating group) is 1. The molecule has 0 radical (unpaired) electrons. The summed E-state index contributed by atoms with van der Waals surface area (Å²) in [6.45, 7) is 3.24. The molecule has 1 unspecified atom stereocenters. The number of rotatable bonds is 12. The summed E-state index contributed by atoms with van der Waals surface area (Å²) in [4.78, 5) is 29.1. The molecule has 0 fully saturated rings. The number of nitrogens with one attached hydrogen (secondary N) is 1. The topological polar surface area (TPSA) is 86.8 Å². The molecule has 224 valence electrons. The van der Waals surface area contributed by atoms with E-state index in [1.165, 1.54) is 47.4 Å². The van der Waals surface area contributed by atoms with Crippen molar-refractivity contribution in [3.63, 3.8) is 0 Å². The van der Waals surface area contributed by atoms with Gasteiger partial charge in [0.25, 0.3) is 10.0 Å². The lowest BCUT2D eigenvalue weighted by Gasteiger charge is -2.34. The first kappa shape index (κ1) is 31.7.